The number of fused-ring (bicyclic) bond motifs is 1. The zero-order valence-corrected chi connectivity index (χ0v) is 21.9. The van der Waals surface area contributed by atoms with E-state index in [2.05, 4.69) is 51.9 Å². The van der Waals surface area contributed by atoms with Crippen LogP contribution in [0.2, 0.25) is 0 Å². The maximum atomic E-state index is 13.4. The third-order valence-electron chi connectivity index (χ3n) is 6.88. The second kappa shape index (κ2) is 12.9. The first-order valence-electron chi connectivity index (χ1n) is 13.3. The van der Waals surface area contributed by atoms with Crippen LogP contribution < -0.4 is 15.5 Å². The highest BCUT2D eigenvalue weighted by Crippen LogP contribution is 2.29. The van der Waals surface area contributed by atoms with E-state index in [0.29, 0.717) is 24.4 Å². The largest absolute Gasteiger partial charge is 0.367 e. The highest BCUT2D eigenvalue weighted by Gasteiger charge is 2.22. The third-order valence-corrected chi connectivity index (χ3v) is 6.88. The summed E-state index contributed by atoms with van der Waals surface area (Å²) in [4.78, 5) is 28.3. The van der Waals surface area contributed by atoms with Crippen molar-refractivity contribution in [2.24, 2.45) is 0 Å². The number of carbonyl (C=O) groups is 2. The molecule has 6 nitrogen and oxygen atoms in total. The maximum Gasteiger partial charge on any atom is 0.253 e. The molecule has 0 aliphatic carbocycles. The van der Waals surface area contributed by atoms with Crippen molar-refractivity contribution in [1.82, 2.24) is 5.32 Å². The first-order chi connectivity index (χ1) is 19.2. The standard InChI is InChI=1S/C33H33N3O3/c37-32(24-39-23-26-11-5-2-6-12-26)35-29-15-16-31(36-20-18-27-13-7-8-14-28(27)22-36)30(21-29)33(38)34-19-17-25-9-3-1-4-10-25/h1-16,21H,17-20,22-24H2,(H,34,38)(H,35,37). The lowest BCUT2D eigenvalue weighted by molar-refractivity contribution is -0.121. The van der Waals surface area contributed by atoms with E-state index in [1.165, 1.54) is 16.7 Å². The molecule has 0 spiro atoms. The zero-order valence-electron chi connectivity index (χ0n) is 21.9. The molecular formula is C33H33N3O3. The van der Waals surface area contributed by atoms with Crippen LogP contribution >= 0.6 is 0 Å². The number of amides is 2. The molecule has 1 heterocycles. The van der Waals surface area contributed by atoms with Crippen LogP contribution in [-0.4, -0.2) is 31.5 Å². The molecule has 0 bridgehead atoms. The molecule has 1 aliphatic heterocycles. The molecule has 198 valence electrons. The molecule has 0 saturated heterocycles. The van der Waals surface area contributed by atoms with Crippen LogP contribution in [0.1, 0.15) is 32.6 Å². The smallest absolute Gasteiger partial charge is 0.253 e. The van der Waals surface area contributed by atoms with Crippen molar-refractivity contribution in [2.75, 3.05) is 29.9 Å². The minimum atomic E-state index is -0.263. The van der Waals surface area contributed by atoms with Crippen LogP contribution in [0.4, 0.5) is 11.4 Å². The Kier molecular flexibility index (Phi) is 8.66. The van der Waals surface area contributed by atoms with Gasteiger partial charge in [0.05, 0.1) is 12.2 Å². The summed E-state index contributed by atoms with van der Waals surface area (Å²) in [6.07, 6.45) is 1.66. The fourth-order valence-electron chi connectivity index (χ4n) is 4.87. The summed E-state index contributed by atoms with van der Waals surface area (Å²) in [7, 11) is 0. The van der Waals surface area contributed by atoms with Crippen LogP contribution in [0.15, 0.2) is 103 Å². The number of hydrogen-bond acceptors (Lipinski definition) is 4. The molecule has 2 N–H and O–H groups in total. The van der Waals surface area contributed by atoms with Gasteiger partial charge in [-0.05, 0) is 53.3 Å². The fraction of sp³-hybridized carbons (Fsp3) is 0.212. The summed E-state index contributed by atoms with van der Waals surface area (Å²) in [5.41, 5.74) is 6.77. The molecule has 0 aromatic heterocycles. The average molecular weight is 520 g/mol. The summed E-state index contributed by atoms with van der Waals surface area (Å²) >= 11 is 0. The van der Waals surface area contributed by atoms with Crippen molar-refractivity contribution in [2.45, 2.75) is 26.0 Å². The van der Waals surface area contributed by atoms with Crippen LogP contribution in [0, 0.1) is 0 Å². The van der Waals surface area contributed by atoms with E-state index in [1.54, 1.807) is 6.07 Å². The SMILES string of the molecule is O=C(COCc1ccccc1)Nc1ccc(N2CCc3ccccc3C2)c(C(=O)NCCc2ccccc2)c1. The van der Waals surface area contributed by atoms with Crippen molar-refractivity contribution < 1.29 is 14.3 Å². The zero-order chi connectivity index (χ0) is 26.9. The maximum absolute atomic E-state index is 13.4. The number of anilines is 2. The van der Waals surface area contributed by atoms with Crippen molar-refractivity contribution in [3.05, 3.63) is 131 Å². The molecule has 0 fully saturated rings. The predicted molar refractivity (Wildman–Crippen MR) is 155 cm³/mol. The lowest BCUT2D eigenvalue weighted by atomic mass is 9.98. The molecule has 0 saturated carbocycles. The number of ether oxygens (including phenoxy) is 1. The highest BCUT2D eigenvalue weighted by molar-refractivity contribution is 6.02. The lowest BCUT2D eigenvalue weighted by Crippen LogP contribution is -2.33. The Hall–Kier alpha value is -4.42. The van der Waals surface area contributed by atoms with Crippen molar-refractivity contribution in [3.8, 4) is 0 Å². The van der Waals surface area contributed by atoms with E-state index in [4.69, 9.17) is 4.74 Å². The average Bonchev–Trinajstić information content (AvgIpc) is 2.98. The second-order valence-corrected chi connectivity index (χ2v) is 9.69. The summed E-state index contributed by atoms with van der Waals surface area (Å²) < 4.78 is 5.58. The summed E-state index contributed by atoms with van der Waals surface area (Å²) in [6.45, 7) is 2.37. The summed E-state index contributed by atoms with van der Waals surface area (Å²) in [5, 5.41) is 5.96. The molecule has 39 heavy (non-hydrogen) atoms. The Bertz CT molecular complexity index is 1410. The van der Waals surface area contributed by atoms with Gasteiger partial charge in [0.1, 0.15) is 6.61 Å². The Morgan fingerprint density at radius 2 is 1.49 bits per heavy atom. The van der Waals surface area contributed by atoms with E-state index in [-0.39, 0.29) is 18.4 Å². The van der Waals surface area contributed by atoms with Gasteiger partial charge < -0.3 is 20.3 Å². The Balaban J connectivity index is 1.28. The Morgan fingerprint density at radius 1 is 0.795 bits per heavy atom. The number of nitrogens with zero attached hydrogens (tertiary/aromatic N) is 1. The molecule has 0 atom stereocenters. The van der Waals surface area contributed by atoms with Gasteiger partial charge in [0.15, 0.2) is 0 Å². The molecule has 5 rings (SSSR count). The quantitative estimate of drug-likeness (QED) is 0.295. The fourth-order valence-corrected chi connectivity index (χ4v) is 4.87. The van der Waals surface area contributed by atoms with Crippen LogP contribution in [0.5, 0.6) is 0 Å². The molecule has 2 amide bonds. The minimum absolute atomic E-state index is 0.0713. The Labute approximate surface area is 229 Å². The first kappa shape index (κ1) is 26.2. The van der Waals surface area contributed by atoms with Gasteiger partial charge in [0, 0.05) is 31.0 Å². The van der Waals surface area contributed by atoms with Crippen molar-refractivity contribution in [3.63, 3.8) is 0 Å². The van der Waals surface area contributed by atoms with Gasteiger partial charge in [-0.1, -0.05) is 84.9 Å². The third kappa shape index (κ3) is 7.12. The lowest BCUT2D eigenvalue weighted by Gasteiger charge is -2.32. The van der Waals surface area contributed by atoms with Gasteiger partial charge in [-0.25, -0.2) is 0 Å². The Morgan fingerprint density at radius 3 is 2.26 bits per heavy atom. The van der Waals surface area contributed by atoms with Gasteiger partial charge >= 0.3 is 0 Å². The van der Waals surface area contributed by atoms with E-state index in [0.717, 1.165) is 37.2 Å². The predicted octanol–water partition coefficient (Wildman–Crippen LogP) is 5.38. The minimum Gasteiger partial charge on any atom is -0.367 e. The molecule has 0 unspecified atom stereocenters. The van der Waals surface area contributed by atoms with E-state index in [1.807, 2.05) is 60.7 Å². The van der Waals surface area contributed by atoms with Crippen molar-refractivity contribution in [1.29, 1.82) is 0 Å². The number of hydrogen-bond donors (Lipinski definition) is 2. The topological polar surface area (TPSA) is 70.7 Å². The van der Waals surface area contributed by atoms with Crippen LogP contribution in [-0.2, 0) is 35.5 Å². The number of nitrogens with one attached hydrogen (secondary N) is 2. The van der Waals surface area contributed by atoms with Crippen LogP contribution in [0.3, 0.4) is 0 Å². The molecular weight excluding hydrogens is 486 g/mol. The van der Waals surface area contributed by atoms with E-state index < -0.39 is 0 Å². The van der Waals surface area contributed by atoms with Gasteiger partial charge in [-0.15, -0.1) is 0 Å². The van der Waals surface area contributed by atoms with Gasteiger partial charge in [-0.2, -0.15) is 0 Å². The van der Waals surface area contributed by atoms with E-state index >= 15 is 0 Å². The monoisotopic (exact) mass is 519 g/mol. The van der Waals surface area contributed by atoms with E-state index in [9.17, 15) is 9.59 Å². The highest BCUT2D eigenvalue weighted by atomic mass is 16.5. The summed E-state index contributed by atoms with van der Waals surface area (Å²) in [6, 6.07) is 33.8. The number of rotatable bonds is 10. The van der Waals surface area contributed by atoms with Gasteiger partial charge in [0.25, 0.3) is 5.91 Å². The molecule has 4 aromatic carbocycles. The van der Waals surface area contributed by atoms with Crippen LogP contribution in [0.25, 0.3) is 0 Å². The number of carbonyl (C=O) groups excluding carboxylic acids is 2. The van der Waals surface area contributed by atoms with Gasteiger partial charge in [0.2, 0.25) is 5.91 Å². The molecule has 1 aliphatic rings. The number of benzene rings is 4. The molecule has 4 aromatic rings. The molecule has 0 radical (unpaired) electrons. The second-order valence-electron chi connectivity index (χ2n) is 9.69. The normalized spacial score (nSPS) is 12.5. The van der Waals surface area contributed by atoms with Gasteiger partial charge in [-0.3, -0.25) is 9.59 Å². The van der Waals surface area contributed by atoms with Crippen molar-refractivity contribution >= 4 is 23.2 Å². The summed E-state index contributed by atoms with van der Waals surface area (Å²) in [5.74, 6) is -0.419. The molecule has 6 heteroatoms. The first-order valence-corrected chi connectivity index (χ1v) is 13.3.